The molecule has 6 nitrogen and oxygen atoms in total. The molecule has 1 aliphatic rings. The molecule has 1 aliphatic heterocycles. The summed E-state index contributed by atoms with van der Waals surface area (Å²) in [5.74, 6) is -0.706. The van der Waals surface area contributed by atoms with Crippen LogP contribution in [-0.2, 0) is 19.7 Å². The van der Waals surface area contributed by atoms with Crippen molar-refractivity contribution in [1.29, 1.82) is 0 Å². The fourth-order valence-corrected chi connectivity index (χ4v) is 4.03. The Morgan fingerprint density at radius 2 is 1.89 bits per heavy atom. The predicted molar refractivity (Wildman–Crippen MR) is 68.1 cm³/mol. The van der Waals surface area contributed by atoms with E-state index in [4.69, 9.17) is 4.74 Å². The van der Waals surface area contributed by atoms with Gasteiger partial charge in [-0.05, 0) is 5.92 Å². The largest absolute Gasteiger partial charge is 0.469 e. The first-order chi connectivity index (χ1) is 8.38. The summed E-state index contributed by atoms with van der Waals surface area (Å²) in [5.41, 5.74) is 0. The number of nitrogens with zero attached hydrogens (tertiary/aromatic N) is 2. The Bertz CT molecular complexity index is 392. The molecular formula is C11H22N2O4S. The van der Waals surface area contributed by atoms with Gasteiger partial charge < -0.3 is 4.74 Å². The molecule has 0 aromatic carbocycles. The molecule has 18 heavy (non-hydrogen) atoms. The van der Waals surface area contributed by atoms with E-state index in [-0.39, 0.29) is 24.3 Å². The quantitative estimate of drug-likeness (QED) is 0.679. The first-order valence-electron chi connectivity index (χ1n) is 6.21. The van der Waals surface area contributed by atoms with E-state index in [1.54, 1.807) is 13.8 Å². The molecule has 1 fully saturated rings. The fourth-order valence-electron chi connectivity index (χ4n) is 2.28. The van der Waals surface area contributed by atoms with E-state index in [1.165, 1.54) is 15.7 Å². The fraction of sp³-hybridized carbons (Fsp3) is 0.909. The van der Waals surface area contributed by atoms with Gasteiger partial charge in [-0.2, -0.15) is 17.0 Å². The van der Waals surface area contributed by atoms with Gasteiger partial charge >= 0.3 is 5.97 Å². The molecule has 0 saturated carbocycles. The molecule has 0 aromatic rings. The number of methoxy groups -OCH3 is 1. The van der Waals surface area contributed by atoms with Gasteiger partial charge in [0.05, 0.1) is 13.0 Å². The second-order valence-corrected chi connectivity index (χ2v) is 6.44. The van der Waals surface area contributed by atoms with Gasteiger partial charge in [0.15, 0.2) is 0 Å². The van der Waals surface area contributed by atoms with Crippen molar-refractivity contribution in [2.24, 2.45) is 11.8 Å². The summed E-state index contributed by atoms with van der Waals surface area (Å²) in [6.07, 6.45) is 0. The summed E-state index contributed by atoms with van der Waals surface area (Å²) >= 11 is 0. The molecule has 0 aliphatic carbocycles. The minimum absolute atomic E-state index is 0.0113. The highest BCUT2D eigenvalue weighted by atomic mass is 32.2. The van der Waals surface area contributed by atoms with Gasteiger partial charge in [-0.1, -0.05) is 20.8 Å². The van der Waals surface area contributed by atoms with Crippen LogP contribution >= 0.6 is 0 Å². The summed E-state index contributed by atoms with van der Waals surface area (Å²) in [7, 11) is -2.12. The summed E-state index contributed by atoms with van der Waals surface area (Å²) in [5, 5.41) is 0. The minimum Gasteiger partial charge on any atom is -0.469 e. The lowest BCUT2D eigenvalue weighted by Gasteiger charge is -2.25. The number of hydrogen-bond donors (Lipinski definition) is 0. The van der Waals surface area contributed by atoms with Crippen molar-refractivity contribution in [1.82, 2.24) is 8.61 Å². The van der Waals surface area contributed by atoms with Crippen molar-refractivity contribution < 1.29 is 17.9 Å². The monoisotopic (exact) mass is 278 g/mol. The summed E-state index contributed by atoms with van der Waals surface area (Å²) in [6.45, 7) is 6.94. The molecule has 1 saturated heterocycles. The van der Waals surface area contributed by atoms with Crippen LogP contribution in [0, 0.1) is 11.8 Å². The molecule has 106 valence electrons. The molecular weight excluding hydrogens is 256 g/mol. The molecule has 0 bridgehead atoms. The topological polar surface area (TPSA) is 66.9 Å². The van der Waals surface area contributed by atoms with Crippen LogP contribution in [0.1, 0.15) is 20.8 Å². The predicted octanol–water partition coefficient (Wildman–Crippen LogP) is 0.314. The van der Waals surface area contributed by atoms with Crippen molar-refractivity contribution in [3.05, 3.63) is 0 Å². The Hall–Kier alpha value is -0.660. The van der Waals surface area contributed by atoms with Crippen molar-refractivity contribution >= 4 is 16.2 Å². The molecule has 7 heteroatoms. The third-order valence-corrected chi connectivity index (χ3v) is 5.56. The van der Waals surface area contributed by atoms with E-state index < -0.39 is 10.2 Å². The highest BCUT2D eigenvalue weighted by molar-refractivity contribution is 7.86. The molecule has 0 aromatic heterocycles. The van der Waals surface area contributed by atoms with E-state index in [2.05, 4.69) is 0 Å². The van der Waals surface area contributed by atoms with Crippen molar-refractivity contribution in [3.8, 4) is 0 Å². The highest BCUT2D eigenvalue weighted by Crippen LogP contribution is 2.27. The molecule has 0 amide bonds. The number of rotatable bonds is 5. The first-order valence-corrected chi connectivity index (χ1v) is 7.61. The van der Waals surface area contributed by atoms with Gasteiger partial charge in [-0.3, -0.25) is 4.79 Å². The van der Waals surface area contributed by atoms with Crippen LogP contribution in [0.3, 0.4) is 0 Å². The lowest BCUT2D eigenvalue weighted by atomic mass is 9.99. The maximum Gasteiger partial charge on any atom is 0.310 e. The van der Waals surface area contributed by atoms with Crippen molar-refractivity contribution in [3.63, 3.8) is 0 Å². The van der Waals surface area contributed by atoms with Gasteiger partial charge in [-0.15, -0.1) is 0 Å². The molecule has 2 unspecified atom stereocenters. The smallest absolute Gasteiger partial charge is 0.310 e. The Labute approximate surface area is 109 Å². The Kier molecular flexibility index (Phi) is 5.12. The van der Waals surface area contributed by atoms with Crippen LogP contribution in [0.2, 0.25) is 0 Å². The molecule has 0 radical (unpaired) electrons. The number of carbonyl (C=O) groups is 1. The van der Waals surface area contributed by atoms with Gasteiger partial charge in [0.25, 0.3) is 10.2 Å². The van der Waals surface area contributed by atoms with Gasteiger partial charge in [0.2, 0.25) is 0 Å². The van der Waals surface area contributed by atoms with E-state index in [1.807, 2.05) is 6.92 Å². The molecule has 1 rings (SSSR count). The Balaban J connectivity index is 2.85. The maximum atomic E-state index is 12.3. The summed E-state index contributed by atoms with van der Waals surface area (Å²) < 4.78 is 32.1. The van der Waals surface area contributed by atoms with Crippen molar-refractivity contribution in [2.75, 3.05) is 33.3 Å². The molecule has 0 N–H and O–H groups in total. The van der Waals surface area contributed by atoms with Gasteiger partial charge in [0.1, 0.15) is 0 Å². The van der Waals surface area contributed by atoms with Gasteiger partial charge in [0, 0.05) is 26.2 Å². The van der Waals surface area contributed by atoms with Crippen LogP contribution in [0.25, 0.3) is 0 Å². The first kappa shape index (κ1) is 15.4. The summed E-state index contributed by atoms with van der Waals surface area (Å²) in [6, 6.07) is 0. The minimum atomic E-state index is -3.45. The highest BCUT2D eigenvalue weighted by Gasteiger charge is 2.42. The van der Waals surface area contributed by atoms with Crippen LogP contribution < -0.4 is 0 Å². The zero-order valence-electron chi connectivity index (χ0n) is 11.4. The van der Waals surface area contributed by atoms with Crippen LogP contribution in [-0.4, -0.2) is 56.3 Å². The van der Waals surface area contributed by atoms with E-state index in [0.29, 0.717) is 19.6 Å². The van der Waals surface area contributed by atoms with Crippen LogP contribution in [0.5, 0.6) is 0 Å². The van der Waals surface area contributed by atoms with E-state index >= 15 is 0 Å². The number of ether oxygens (including phenoxy) is 1. The lowest BCUT2D eigenvalue weighted by molar-refractivity contribution is -0.145. The van der Waals surface area contributed by atoms with E-state index in [0.717, 1.165) is 0 Å². The zero-order chi connectivity index (χ0) is 13.9. The Morgan fingerprint density at radius 3 is 2.33 bits per heavy atom. The SMILES string of the molecule is CCN(CC)S(=O)(=O)N1CC(C)C(C(=O)OC)C1. The second-order valence-electron chi connectivity index (χ2n) is 4.52. The third-order valence-electron chi connectivity index (χ3n) is 3.44. The van der Waals surface area contributed by atoms with Gasteiger partial charge in [-0.25, -0.2) is 0 Å². The normalized spacial score (nSPS) is 25.6. The second kappa shape index (κ2) is 5.99. The number of esters is 1. The maximum absolute atomic E-state index is 12.3. The van der Waals surface area contributed by atoms with E-state index in [9.17, 15) is 13.2 Å². The third kappa shape index (κ3) is 2.84. The van der Waals surface area contributed by atoms with Crippen molar-refractivity contribution in [2.45, 2.75) is 20.8 Å². The van der Waals surface area contributed by atoms with Crippen LogP contribution in [0.15, 0.2) is 0 Å². The summed E-state index contributed by atoms with van der Waals surface area (Å²) in [4.78, 5) is 11.5. The average molecular weight is 278 g/mol. The molecule has 2 atom stereocenters. The zero-order valence-corrected chi connectivity index (χ0v) is 12.2. The lowest BCUT2D eigenvalue weighted by Crippen LogP contribution is -2.43. The average Bonchev–Trinajstić information content (AvgIpc) is 2.72. The standard InChI is InChI=1S/C11H22N2O4S/c1-5-12(6-2)18(15,16)13-7-9(3)10(8-13)11(14)17-4/h9-10H,5-8H2,1-4H3. The molecule has 0 spiro atoms. The number of carbonyl (C=O) groups excluding carboxylic acids is 1. The number of hydrogen-bond acceptors (Lipinski definition) is 4. The Morgan fingerprint density at radius 1 is 1.33 bits per heavy atom. The van der Waals surface area contributed by atoms with Crippen LogP contribution in [0.4, 0.5) is 0 Å². The molecule has 1 heterocycles.